The first-order valence-corrected chi connectivity index (χ1v) is 8.85. The van der Waals surface area contributed by atoms with Crippen LogP contribution in [0.3, 0.4) is 0 Å². The minimum absolute atomic E-state index is 0.0422. The fourth-order valence-electron chi connectivity index (χ4n) is 2.10. The SMILES string of the molecule is COCC(=O)N(Cc1csc(COc2ccc(Cl)cc2)n1)C(C)C. The number of halogens is 1. The summed E-state index contributed by atoms with van der Waals surface area (Å²) in [5, 5.41) is 3.49. The number of carbonyl (C=O) groups excluding carboxylic acids is 1. The van der Waals surface area contributed by atoms with Gasteiger partial charge in [0.05, 0.1) is 12.2 Å². The smallest absolute Gasteiger partial charge is 0.249 e. The summed E-state index contributed by atoms with van der Waals surface area (Å²) in [4.78, 5) is 18.4. The van der Waals surface area contributed by atoms with Crippen LogP contribution in [0.25, 0.3) is 0 Å². The molecule has 2 rings (SSSR count). The second-order valence-corrected chi connectivity index (χ2v) is 6.90. The molecule has 130 valence electrons. The number of ether oxygens (including phenoxy) is 2. The molecule has 0 unspecified atom stereocenters. The molecule has 0 atom stereocenters. The van der Waals surface area contributed by atoms with Crippen molar-refractivity contribution in [2.75, 3.05) is 13.7 Å². The standard InChI is InChI=1S/C17H21ClN2O3S/c1-12(2)20(17(21)10-22-3)8-14-11-24-16(19-14)9-23-15-6-4-13(18)5-7-15/h4-7,11-12H,8-10H2,1-3H3. The number of nitrogens with zero attached hydrogens (tertiary/aromatic N) is 2. The third-order valence-electron chi connectivity index (χ3n) is 3.32. The molecule has 24 heavy (non-hydrogen) atoms. The van der Waals surface area contributed by atoms with Gasteiger partial charge in [0.2, 0.25) is 5.91 Å². The Morgan fingerprint density at radius 3 is 2.67 bits per heavy atom. The lowest BCUT2D eigenvalue weighted by molar-refractivity contribution is -0.137. The summed E-state index contributed by atoms with van der Waals surface area (Å²) >= 11 is 7.37. The van der Waals surface area contributed by atoms with Crippen LogP contribution in [-0.2, 0) is 22.7 Å². The van der Waals surface area contributed by atoms with E-state index in [0.717, 1.165) is 16.5 Å². The van der Waals surface area contributed by atoms with Crippen LogP contribution in [-0.4, -0.2) is 35.5 Å². The van der Waals surface area contributed by atoms with E-state index in [9.17, 15) is 4.79 Å². The normalized spacial score (nSPS) is 10.9. The maximum absolute atomic E-state index is 12.1. The molecule has 2 aromatic rings. The monoisotopic (exact) mass is 368 g/mol. The summed E-state index contributed by atoms with van der Waals surface area (Å²) in [7, 11) is 1.52. The Balaban J connectivity index is 1.94. The molecular weight excluding hydrogens is 348 g/mol. The quantitative estimate of drug-likeness (QED) is 0.711. The molecule has 0 bridgehead atoms. The lowest BCUT2D eigenvalue weighted by Crippen LogP contribution is -2.38. The Bertz CT molecular complexity index is 658. The van der Waals surface area contributed by atoms with Crippen molar-refractivity contribution in [3.05, 3.63) is 45.4 Å². The summed E-state index contributed by atoms with van der Waals surface area (Å²) < 4.78 is 10.6. The van der Waals surface area contributed by atoms with Gasteiger partial charge in [-0.05, 0) is 38.1 Å². The number of hydrogen-bond donors (Lipinski definition) is 0. The maximum atomic E-state index is 12.1. The first-order valence-electron chi connectivity index (χ1n) is 7.59. The van der Waals surface area contributed by atoms with Gasteiger partial charge in [-0.15, -0.1) is 11.3 Å². The van der Waals surface area contributed by atoms with Gasteiger partial charge in [0.15, 0.2) is 0 Å². The second-order valence-electron chi connectivity index (χ2n) is 5.52. The number of thiazole rings is 1. The summed E-state index contributed by atoms with van der Waals surface area (Å²) in [6.45, 7) is 4.89. The zero-order valence-corrected chi connectivity index (χ0v) is 15.6. The minimum Gasteiger partial charge on any atom is -0.486 e. The number of benzene rings is 1. The van der Waals surface area contributed by atoms with E-state index in [2.05, 4.69) is 4.98 Å². The third-order valence-corrected chi connectivity index (χ3v) is 4.44. The summed E-state index contributed by atoms with van der Waals surface area (Å²) in [5.74, 6) is 0.703. The van der Waals surface area contributed by atoms with Gasteiger partial charge in [-0.25, -0.2) is 4.98 Å². The molecule has 7 heteroatoms. The van der Waals surface area contributed by atoms with Gasteiger partial charge in [0.1, 0.15) is 24.0 Å². The molecule has 0 radical (unpaired) electrons. The van der Waals surface area contributed by atoms with Gasteiger partial charge >= 0.3 is 0 Å². The van der Waals surface area contributed by atoms with E-state index >= 15 is 0 Å². The lowest BCUT2D eigenvalue weighted by atomic mass is 10.3. The molecule has 1 aromatic carbocycles. The fourth-order valence-corrected chi connectivity index (χ4v) is 2.93. The Hall–Kier alpha value is -1.63. The molecule has 1 aromatic heterocycles. The lowest BCUT2D eigenvalue weighted by Gasteiger charge is -2.25. The Morgan fingerprint density at radius 1 is 1.33 bits per heavy atom. The van der Waals surface area contributed by atoms with Crippen molar-refractivity contribution < 1.29 is 14.3 Å². The average molecular weight is 369 g/mol. The van der Waals surface area contributed by atoms with E-state index in [0.29, 0.717) is 18.2 Å². The summed E-state index contributed by atoms with van der Waals surface area (Å²) in [6.07, 6.45) is 0. The minimum atomic E-state index is -0.0422. The molecule has 0 N–H and O–H groups in total. The molecular formula is C17H21ClN2O3S. The van der Waals surface area contributed by atoms with Crippen LogP contribution < -0.4 is 4.74 Å². The first-order chi connectivity index (χ1) is 11.5. The molecule has 5 nitrogen and oxygen atoms in total. The topological polar surface area (TPSA) is 51.7 Å². The van der Waals surface area contributed by atoms with E-state index in [4.69, 9.17) is 21.1 Å². The van der Waals surface area contributed by atoms with E-state index in [1.807, 2.05) is 31.4 Å². The maximum Gasteiger partial charge on any atom is 0.249 e. The van der Waals surface area contributed by atoms with Crippen molar-refractivity contribution in [2.24, 2.45) is 0 Å². The largest absolute Gasteiger partial charge is 0.486 e. The van der Waals surface area contributed by atoms with Crippen molar-refractivity contribution in [3.63, 3.8) is 0 Å². The fraction of sp³-hybridized carbons (Fsp3) is 0.412. The highest BCUT2D eigenvalue weighted by Crippen LogP contribution is 2.19. The number of methoxy groups -OCH3 is 1. The van der Waals surface area contributed by atoms with Crippen LogP contribution in [0.1, 0.15) is 24.5 Å². The molecule has 1 amide bonds. The van der Waals surface area contributed by atoms with Crippen molar-refractivity contribution in [3.8, 4) is 5.75 Å². The van der Waals surface area contributed by atoms with Crippen molar-refractivity contribution in [1.82, 2.24) is 9.88 Å². The molecule has 0 saturated carbocycles. The van der Waals surface area contributed by atoms with Crippen LogP contribution in [0.15, 0.2) is 29.6 Å². The second kappa shape index (κ2) is 9.01. The molecule has 1 heterocycles. The zero-order valence-electron chi connectivity index (χ0n) is 14.0. The summed E-state index contributed by atoms with van der Waals surface area (Å²) in [5.41, 5.74) is 0.854. The van der Waals surface area contributed by atoms with Gasteiger partial charge in [0, 0.05) is 23.6 Å². The highest BCUT2D eigenvalue weighted by Gasteiger charge is 2.18. The van der Waals surface area contributed by atoms with Crippen LogP contribution in [0.5, 0.6) is 5.75 Å². The van der Waals surface area contributed by atoms with Gasteiger partial charge < -0.3 is 14.4 Å². The first kappa shape index (κ1) is 18.7. The van der Waals surface area contributed by atoms with Gasteiger partial charge in [-0.1, -0.05) is 11.6 Å². The van der Waals surface area contributed by atoms with Crippen molar-refractivity contribution in [1.29, 1.82) is 0 Å². The molecule has 0 aliphatic rings. The highest BCUT2D eigenvalue weighted by molar-refractivity contribution is 7.09. The number of rotatable bonds is 8. The van der Waals surface area contributed by atoms with Crippen LogP contribution in [0, 0.1) is 0 Å². The van der Waals surface area contributed by atoms with E-state index in [-0.39, 0.29) is 18.6 Å². The van der Waals surface area contributed by atoms with Crippen LogP contribution in [0.4, 0.5) is 0 Å². The Kier molecular flexibility index (Phi) is 7.02. The molecule has 0 aliphatic heterocycles. The van der Waals surface area contributed by atoms with Gasteiger partial charge in [0.25, 0.3) is 0 Å². The van der Waals surface area contributed by atoms with Gasteiger partial charge in [-0.2, -0.15) is 0 Å². The molecule has 0 aliphatic carbocycles. The zero-order chi connectivity index (χ0) is 17.5. The Morgan fingerprint density at radius 2 is 2.04 bits per heavy atom. The molecule has 0 fully saturated rings. The average Bonchev–Trinajstić information content (AvgIpc) is 2.99. The van der Waals surface area contributed by atoms with Gasteiger partial charge in [-0.3, -0.25) is 4.79 Å². The molecule has 0 saturated heterocycles. The van der Waals surface area contributed by atoms with Crippen molar-refractivity contribution in [2.45, 2.75) is 33.0 Å². The van der Waals surface area contributed by atoms with E-state index in [1.165, 1.54) is 18.4 Å². The number of amides is 1. The van der Waals surface area contributed by atoms with Crippen LogP contribution in [0.2, 0.25) is 5.02 Å². The predicted octanol–water partition coefficient (Wildman–Crippen LogP) is 3.76. The van der Waals surface area contributed by atoms with Crippen molar-refractivity contribution >= 4 is 28.8 Å². The highest BCUT2D eigenvalue weighted by atomic mass is 35.5. The van der Waals surface area contributed by atoms with E-state index < -0.39 is 0 Å². The summed E-state index contributed by atoms with van der Waals surface area (Å²) in [6, 6.07) is 7.29. The van der Waals surface area contributed by atoms with E-state index in [1.54, 1.807) is 17.0 Å². The third kappa shape index (κ3) is 5.47. The number of aromatic nitrogens is 1. The molecule has 0 spiro atoms. The number of hydrogen-bond acceptors (Lipinski definition) is 5. The predicted molar refractivity (Wildman–Crippen MR) is 95.5 cm³/mol. The Labute approximate surface area is 151 Å². The number of carbonyl (C=O) groups is 1. The van der Waals surface area contributed by atoms with Crippen LogP contribution >= 0.6 is 22.9 Å².